The molecular weight excluding hydrogens is 528 g/mol. The van der Waals surface area contributed by atoms with E-state index in [1.807, 2.05) is 19.1 Å². The molecule has 1 unspecified atom stereocenters. The largest absolute Gasteiger partial charge is 0.390 e. The van der Waals surface area contributed by atoms with Gasteiger partial charge in [0.05, 0.1) is 12.2 Å². The quantitative estimate of drug-likeness (QED) is 0.177. The van der Waals surface area contributed by atoms with E-state index in [9.17, 15) is 15.3 Å². The van der Waals surface area contributed by atoms with Crippen molar-refractivity contribution in [3.05, 3.63) is 130 Å². The van der Waals surface area contributed by atoms with Crippen LogP contribution in [0.5, 0.6) is 0 Å². The van der Waals surface area contributed by atoms with Gasteiger partial charge in [0.15, 0.2) is 0 Å². The smallest absolute Gasteiger partial charge is 0.101 e. The first-order valence-corrected chi connectivity index (χ1v) is 15.6. The molecule has 3 nitrogen and oxygen atoms in total. The maximum atomic E-state index is 10.3. The lowest BCUT2D eigenvalue weighted by Crippen LogP contribution is -2.38. The van der Waals surface area contributed by atoms with Crippen LogP contribution in [0.15, 0.2) is 130 Å². The van der Waals surface area contributed by atoms with Crippen molar-refractivity contribution in [1.82, 2.24) is 0 Å². The fourth-order valence-electron chi connectivity index (χ4n) is 6.05. The third-order valence-electron chi connectivity index (χ3n) is 8.53. The van der Waals surface area contributed by atoms with Crippen LogP contribution < -0.4 is 0 Å². The second-order valence-electron chi connectivity index (χ2n) is 13.8. The van der Waals surface area contributed by atoms with Crippen molar-refractivity contribution in [2.45, 2.75) is 100 Å². The Kier molecular flexibility index (Phi) is 13.6. The first-order chi connectivity index (χ1) is 20.0. The van der Waals surface area contributed by atoms with Crippen LogP contribution in [0.3, 0.4) is 0 Å². The molecule has 0 aliphatic heterocycles. The van der Waals surface area contributed by atoms with Crippen molar-refractivity contribution in [3.8, 4) is 0 Å². The molecule has 3 heteroatoms. The van der Waals surface area contributed by atoms with E-state index in [1.54, 1.807) is 0 Å². The number of aliphatic hydroxyl groups is 3. The van der Waals surface area contributed by atoms with Gasteiger partial charge in [0.2, 0.25) is 0 Å². The average molecular weight is 585 g/mol. The zero-order chi connectivity index (χ0) is 32.4. The summed E-state index contributed by atoms with van der Waals surface area (Å²) < 4.78 is 0. The van der Waals surface area contributed by atoms with Gasteiger partial charge < -0.3 is 15.3 Å². The molecule has 0 amide bonds. The zero-order valence-corrected chi connectivity index (χ0v) is 28.2. The topological polar surface area (TPSA) is 60.7 Å². The van der Waals surface area contributed by atoms with Crippen molar-refractivity contribution < 1.29 is 15.3 Å². The van der Waals surface area contributed by atoms with Crippen molar-refractivity contribution in [3.63, 3.8) is 0 Å². The molecule has 2 aliphatic rings. The molecule has 2 aliphatic carbocycles. The van der Waals surface area contributed by atoms with Gasteiger partial charge in [0, 0.05) is 5.92 Å². The molecule has 43 heavy (non-hydrogen) atoms. The third-order valence-corrected chi connectivity index (χ3v) is 8.53. The molecule has 3 N–H and O–H groups in total. The fourth-order valence-corrected chi connectivity index (χ4v) is 6.05. The molecule has 0 bridgehead atoms. The van der Waals surface area contributed by atoms with Crippen molar-refractivity contribution >= 4 is 0 Å². The highest BCUT2D eigenvalue weighted by atomic mass is 16.3. The molecule has 0 fully saturated rings. The summed E-state index contributed by atoms with van der Waals surface area (Å²) in [7, 11) is 0. The van der Waals surface area contributed by atoms with E-state index in [4.69, 9.17) is 0 Å². The van der Waals surface area contributed by atoms with Crippen LogP contribution in [0.2, 0.25) is 0 Å². The summed E-state index contributed by atoms with van der Waals surface area (Å²) in [6, 6.07) is 0. The monoisotopic (exact) mass is 584 g/mol. The van der Waals surface area contributed by atoms with E-state index in [1.165, 1.54) is 16.7 Å². The maximum Gasteiger partial charge on any atom is 0.101 e. The Bertz CT molecular complexity index is 1310. The summed E-state index contributed by atoms with van der Waals surface area (Å²) in [5.74, 6) is 0.340. The lowest BCUT2D eigenvalue weighted by atomic mass is 9.67. The second-order valence-corrected chi connectivity index (χ2v) is 13.8. The molecule has 0 aromatic carbocycles. The van der Waals surface area contributed by atoms with E-state index in [2.05, 4.69) is 141 Å². The maximum absolute atomic E-state index is 10.3. The highest BCUT2D eigenvalue weighted by Crippen LogP contribution is 2.42. The number of hydrogen-bond acceptors (Lipinski definition) is 3. The summed E-state index contributed by atoms with van der Waals surface area (Å²) in [5.41, 5.74) is 7.70. The van der Waals surface area contributed by atoms with Crippen LogP contribution in [0.25, 0.3) is 0 Å². The molecule has 0 aromatic rings. The second kappa shape index (κ2) is 16.2. The average Bonchev–Trinajstić information content (AvgIpc) is 2.88. The summed E-state index contributed by atoms with van der Waals surface area (Å²) in [6.45, 7) is 21.1. The molecule has 2 rings (SSSR count). The minimum atomic E-state index is -0.792. The van der Waals surface area contributed by atoms with Crippen LogP contribution in [0.1, 0.15) is 82.1 Å². The molecule has 0 heterocycles. The Hall–Kier alpha value is -2.98. The predicted molar refractivity (Wildman–Crippen MR) is 185 cm³/mol. The molecule has 0 spiro atoms. The Labute approximate surface area is 262 Å². The van der Waals surface area contributed by atoms with Crippen LogP contribution in [-0.2, 0) is 0 Å². The van der Waals surface area contributed by atoms with Gasteiger partial charge in [0.25, 0.3) is 0 Å². The van der Waals surface area contributed by atoms with E-state index in [0.29, 0.717) is 12.3 Å². The van der Waals surface area contributed by atoms with Crippen LogP contribution >= 0.6 is 0 Å². The van der Waals surface area contributed by atoms with Gasteiger partial charge in [-0.3, -0.25) is 0 Å². The molecule has 0 saturated carbocycles. The molecule has 4 atom stereocenters. The lowest BCUT2D eigenvalue weighted by Gasteiger charge is -2.38. The normalized spacial score (nSPS) is 28.0. The number of allylic oxidation sites excluding steroid dienone is 20. The molecule has 0 saturated heterocycles. The van der Waals surface area contributed by atoms with Gasteiger partial charge in [-0.1, -0.05) is 147 Å². The predicted octanol–water partition coefficient (Wildman–Crippen LogP) is 9.37. The molecular formula is C40H56O3. The Morgan fingerprint density at radius 3 is 1.72 bits per heavy atom. The SMILES string of the molecule is CC1=C[C@H](O)CC(C)(C)[C@H]1/C=C/C(C)=C/C=C/C(C)=C/C=C/C=C(C)/C=C/C=C(C)/C=C/C1=C(C)C(O)[C@@H](O)CC1(C)C. The minimum absolute atomic E-state index is 0.0496. The third kappa shape index (κ3) is 11.6. The van der Waals surface area contributed by atoms with Crippen molar-refractivity contribution in [2.24, 2.45) is 16.7 Å². The first-order valence-electron chi connectivity index (χ1n) is 15.6. The summed E-state index contributed by atoms with van der Waals surface area (Å²) in [4.78, 5) is 0. The van der Waals surface area contributed by atoms with E-state index < -0.39 is 12.2 Å². The van der Waals surface area contributed by atoms with Crippen LogP contribution in [0, 0.1) is 16.7 Å². The Morgan fingerprint density at radius 1 is 0.698 bits per heavy atom. The minimum Gasteiger partial charge on any atom is -0.390 e. The van der Waals surface area contributed by atoms with E-state index in [0.717, 1.165) is 28.7 Å². The van der Waals surface area contributed by atoms with Crippen LogP contribution in [0.4, 0.5) is 0 Å². The van der Waals surface area contributed by atoms with Gasteiger partial charge in [0.1, 0.15) is 6.10 Å². The van der Waals surface area contributed by atoms with Gasteiger partial charge >= 0.3 is 0 Å². The highest BCUT2D eigenvalue weighted by molar-refractivity contribution is 5.39. The Balaban J connectivity index is 1.92. The summed E-state index contributed by atoms with van der Waals surface area (Å²) in [5, 5.41) is 30.5. The van der Waals surface area contributed by atoms with E-state index in [-0.39, 0.29) is 16.9 Å². The first kappa shape index (κ1) is 36.2. The van der Waals surface area contributed by atoms with Gasteiger partial charge in [-0.15, -0.1) is 0 Å². The number of aliphatic hydroxyl groups excluding tert-OH is 3. The molecule has 234 valence electrons. The standard InChI is InChI=1S/C40H56O3/c1-28(17-13-19-30(3)21-23-35-32(5)25-34(41)26-39(35,7)8)15-11-12-16-29(2)18-14-20-31(4)22-24-36-33(6)38(43)37(42)27-40(36,9)10/h11-25,34-35,37-38,41-43H,26-27H2,1-10H3/b12-11+,17-13+,18-14+,23-21+,24-22+,28-15+,29-16+,30-19+,31-20+/t34-,35-,37-,38?/m0/s1. The lowest BCUT2D eigenvalue weighted by molar-refractivity contribution is 0.00686. The summed E-state index contributed by atoms with van der Waals surface area (Å²) in [6.07, 6.45) is 30.9. The van der Waals surface area contributed by atoms with Gasteiger partial charge in [-0.05, 0) is 76.4 Å². The Morgan fingerprint density at radius 2 is 1.19 bits per heavy atom. The van der Waals surface area contributed by atoms with Crippen LogP contribution in [-0.4, -0.2) is 33.6 Å². The van der Waals surface area contributed by atoms with Crippen molar-refractivity contribution in [2.75, 3.05) is 0 Å². The number of rotatable bonds is 10. The van der Waals surface area contributed by atoms with Gasteiger partial charge in [-0.25, -0.2) is 0 Å². The molecule has 0 aromatic heterocycles. The highest BCUT2D eigenvalue weighted by Gasteiger charge is 2.37. The zero-order valence-electron chi connectivity index (χ0n) is 28.2. The van der Waals surface area contributed by atoms with Gasteiger partial charge in [-0.2, -0.15) is 0 Å². The molecule has 0 radical (unpaired) electrons. The summed E-state index contributed by atoms with van der Waals surface area (Å²) >= 11 is 0. The van der Waals surface area contributed by atoms with Crippen molar-refractivity contribution in [1.29, 1.82) is 0 Å². The number of hydrogen-bond donors (Lipinski definition) is 3. The van der Waals surface area contributed by atoms with E-state index >= 15 is 0 Å². The fraction of sp³-hybridized carbons (Fsp3) is 0.450.